The van der Waals surface area contributed by atoms with Crippen LogP contribution in [0.2, 0.25) is 5.02 Å². The summed E-state index contributed by atoms with van der Waals surface area (Å²) in [5.41, 5.74) is -3.45. The topological polar surface area (TPSA) is 95.6 Å². The maximum Gasteiger partial charge on any atom is 0.435 e. The van der Waals surface area contributed by atoms with Gasteiger partial charge >= 0.3 is 12.2 Å². The van der Waals surface area contributed by atoms with E-state index in [2.05, 4.69) is 0 Å². The number of hydrogen-bond donors (Lipinski definition) is 2. The van der Waals surface area contributed by atoms with Crippen molar-refractivity contribution in [2.45, 2.75) is 23.3 Å². The van der Waals surface area contributed by atoms with Crippen molar-refractivity contribution in [1.29, 1.82) is 0 Å². The van der Waals surface area contributed by atoms with Crippen LogP contribution in [0.1, 0.15) is 5.56 Å². The largest absolute Gasteiger partial charge is 0.435 e. The first-order valence-corrected chi connectivity index (χ1v) is 9.87. The summed E-state index contributed by atoms with van der Waals surface area (Å²) in [5.74, 6) is -1.78. The number of halogens is 4. The summed E-state index contributed by atoms with van der Waals surface area (Å²) in [6.07, 6.45) is -5.45. The number of amides is 3. The van der Waals surface area contributed by atoms with E-state index in [1.54, 1.807) is 18.2 Å². The Balaban J connectivity index is 1.98. The van der Waals surface area contributed by atoms with Crippen LogP contribution < -0.4 is 10.0 Å². The molecule has 154 valence electrons. The highest BCUT2D eigenvalue weighted by Crippen LogP contribution is 2.35. The highest BCUT2D eigenvalue weighted by molar-refractivity contribution is 7.89. The Labute approximate surface area is 168 Å². The van der Waals surface area contributed by atoms with Crippen LogP contribution in [0.3, 0.4) is 0 Å². The quantitative estimate of drug-likeness (QED) is 0.689. The Bertz CT molecular complexity index is 1050. The van der Waals surface area contributed by atoms with Gasteiger partial charge in [-0.2, -0.15) is 17.9 Å². The number of rotatable bonds is 5. The van der Waals surface area contributed by atoms with Crippen LogP contribution in [0, 0.1) is 0 Å². The lowest BCUT2D eigenvalue weighted by molar-refractivity contribution is -0.198. The summed E-state index contributed by atoms with van der Waals surface area (Å²) in [6, 6.07) is 10.7. The zero-order chi connectivity index (χ0) is 21.4. The van der Waals surface area contributed by atoms with Crippen LogP contribution in [-0.2, 0) is 21.4 Å². The van der Waals surface area contributed by atoms with Crippen LogP contribution in [0.4, 0.5) is 18.0 Å². The Hall–Kier alpha value is -2.63. The van der Waals surface area contributed by atoms with Gasteiger partial charge in [0.2, 0.25) is 10.0 Å². The molecule has 0 aliphatic carbocycles. The minimum atomic E-state index is -5.45. The number of urea groups is 1. The summed E-state index contributed by atoms with van der Waals surface area (Å²) in [5, 5.41) is 1.62. The van der Waals surface area contributed by atoms with Crippen molar-refractivity contribution in [3.8, 4) is 0 Å². The van der Waals surface area contributed by atoms with Crippen LogP contribution in [-0.4, -0.2) is 37.1 Å². The number of nitrogens with one attached hydrogen (secondary N) is 2. The average molecular weight is 448 g/mol. The summed E-state index contributed by atoms with van der Waals surface area (Å²) in [4.78, 5) is 24.5. The molecule has 3 amide bonds. The molecule has 1 fully saturated rings. The molecule has 29 heavy (non-hydrogen) atoms. The van der Waals surface area contributed by atoms with Crippen LogP contribution in [0.5, 0.6) is 0 Å². The normalized spacial score (nSPS) is 20.1. The van der Waals surface area contributed by atoms with Gasteiger partial charge < -0.3 is 5.32 Å². The molecule has 1 heterocycles. The lowest BCUT2D eigenvalue weighted by atomic mass is 10.1. The van der Waals surface area contributed by atoms with E-state index in [0.717, 1.165) is 24.3 Å². The van der Waals surface area contributed by atoms with Crippen LogP contribution in [0.25, 0.3) is 0 Å². The van der Waals surface area contributed by atoms with Crippen molar-refractivity contribution in [2.75, 3.05) is 0 Å². The maximum atomic E-state index is 13.9. The zero-order valence-electron chi connectivity index (χ0n) is 14.4. The molecular formula is C17H13ClF3N3O4S. The average Bonchev–Trinajstić information content (AvgIpc) is 2.87. The third kappa shape index (κ3) is 3.93. The van der Waals surface area contributed by atoms with Crippen LogP contribution in [0.15, 0.2) is 59.5 Å². The molecule has 1 saturated heterocycles. The third-order valence-corrected chi connectivity index (χ3v) is 5.85. The second-order valence-electron chi connectivity index (χ2n) is 6.11. The van der Waals surface area contributed by atoms with Gasteiger partial charge in [0.05, 0.1) is 11.4 Å². The van der Waals surface area contributed by atoms with Crippen molar-refractivity contribution in [3.63, 3.8) is 0 Å². The molecule has 0 radical (unpaired) electrons. The van der Waals surface area contributed by atoms with Crippen molar-refractivity contribution in [1.82, 2.24) is 14.9 Å². The standard InChI is InChI=1S/C17H13ClF3N3O4S/c18-12-6-8-13(9-7-12)29(27,28)23-16(17(19,20)21)14(25)24(15(26)22-16)10-11-4-2-1-3-5-11/h1-9,23H,10H2,(H,22,26)/t16-/m1/s1. The van der Waals surface area contributed by atoms with Gasteiger partial charge in [-0.1, -0.05) is 41.9 Å². The molecule has 0 spiro atoms. The summed E-state index contributed by atoms with van der Waals surface area (Å²) < 4.78 is 67.9. The highest BCUT2D eigenvalue weighted by atomic mass is 35.5. The van der Waals surface area contributed by atoms with Gasteiger partial charge in [0.1, 0.15) is 0 Å². The second kappa shape index (κ2) is 7.32. The van der Waals surface area contributed by atoms with E-state index in [1.807, 2.05) is 0 Å². The van der Waals surface area contributed by atoms with Crippen LogP contribution >= 0.6 is 11.6 Å². The number of alkyl halides is 3. The fraction of sp³-hybridized carbons (Fsp3) is 0.176. The Morgan fingerprint density at radius 3 is 2.17 bits per heavy atom. The fourth-order valence-electron chi connectivity index (χ4n) is 2.68. The first-order valence-electron chi connectivity index (χ1n) is 8.00. The fourth-order valence-corrected chi connectivity index (χ4v) is 4.07. The molecule has 1 aliphatic heterocycles. The van der Waals surface area contributed by atoms with E-state index in [0.29, 0.717) is 10.5 Å². The van der Waals surface area contributed by atoms with E-state index >= 15 is 0 Å². The molecule has 2 aromatic carbocycles. The smallest absolute Gasteiger partial charge is 0.303 e. The first-order chi connectivity index (χ1) is 13.5. The molecule has 2 N–H and O–H groups in total. The summed E-state index contributed by atoms with van der Waals surface area (Å²) in [6.45, 7) is -0.466. The van der Waals surface area contributed by atoms with Crippen molar-refractivity contribution < 1.29 is 31.2 Å². The van der Waals surface area contributed by atoms with E-state index in [-0.39, 0.29) is 5.02 Å². The van der Waals surface area contributed by atoms with Gasteiger partial charge in [-0.15, -0.1) is 0 Å². The van der Waals surface area contributed by atoms with Crippen molar-refractivity contribution >= 4 is 33.6 Å². The number of carbonyl (C=O) groups excluding carboxylic acids is 2. The third-order valence-electron chi connectivity index (χ3n) is 4.13. The van der Waals surface area contributed by atoms with Gasteiger partial charge in [0.25, 0.3) is 11.6 Å². The molecular weight excluding hydrogens is 435 g/mol. The summed E-state index contributed by atoms with van der Waals surface area (Å²) in [7, 11) is -4.85. The lowest BCUT2D eigenvalue weighted by Gasteiger charge is -2.29. The van der Waals surface area contributed by atoms with Gasteiger partial charge in [-0.25, -0.2) is 13.2 Å². The lowest BCUT2D eigenvalue weighted by Crippen LogP contribution is -2.69. The Kier molecular flexibility index (Phi) is 5.32. The monoisotopic (exact) mass is 447 g/mol. The SMILES string of the molecule is O=C1N[C@](NS(=O)(=O)c2ccc(Cl)cc2)(C(F)(F)F)C(=O)N1Cc1ccccc1. The van der Waals surface area contributed by atoms with E-state index in [9.17, 15) is 31.2 Å². The Morgan fingerprint density at radius 2 is 1.62 bits per heavy atom. The predicted molar refractivity (Wildman–Crippen MR) is 96.1 cm³/mol. The number of carbonyl (C=O) groups is 2. The zero-order valence-corrected chi connectivity index (χ0v) is 16.0. The Morgan fingerprint density at radius 1 is 1.03 bits per heavy atom. The molecule has 12 heteroatoms. The first kappa shape index (κ1) is 21.1. The van der Waals surface area contributed by atoms with Gasteiger partial charge in [0, 0.05) is 5.02 Å². The molecule has 7 nitrogen and oxygen atoms in total. The van der Waals surface area contributed by atoms with Crippen molar-refractivity contribution in [2.24, 2.45) is 0 Å². The van der Waals surface area contributed by atoms with Gasteiger partial charge in [0.15, 0.2) is 0 Å². The number of imide groups is 1. The van der Waals surface area contributed by atoms with E-state index in [4.69, 9.17) is 11.6 Å². The minimum absolute atomic E-state index is 0.161. The molecule has 1 aliphatic rings. The number of sulfonamides is 1. The molecule has 0 unspecified atom stereocenters. The molecule has 3 rings (SSSR count). The van der Waals surface area contributed by atoms with E-state index < -0.39 is 45.2 Å². The van der Waals surface area contributed by atoms with Gasteiger partial charge in [-0.3, -0.25) is 9.69 Å². The number of hydrogen-bond acceptors (Lipinski definition) is 4. The molecule has 0 aromatic heterocycles. The molecule has 0 bridgehead atoms. The minimum Gasteiger partial charge on any atom is -0.303 e. The molecule has 1 atom stereocenters. The van der Waals surface area contributed by atoms with Gasteiger partial charge in [-0.05, 0) is 29.8 Å². The highest BCUT2D eigenvalue weighted by Gasteiger charge is 2.69. The molecule has 2 aromatic rings. The number of benzene rings is 2. The predicted octanol–water partition coefficient (Wildman–Crippen LogP) is 2.63. The summed E-state index contributed by atoms with van der Waals surface area (Å²) >= 11 is 5.66. The maximum absolute atomic E-state index is 13.9. The van der Waals surface area contributed by atoms with E-state index in [1.165, 1.54) is 22.2 Å². The second-order valence-corrected chi connectivity index (χ2v) is 8.23. The molecule has 0 saturated carbocycles. The van der Waals surface area contributed by atoms with Crippen molar-refractivity contribution in [3.05, 3.63) is 65.2 Å². The number of nitrogens with zero attached hydrogens (tertiary/aromatic N) is 1.